The Kier molecular flexibility index (Phi) is 6.90. The zero-order chi connectivity index (χ0) is 7.11. The lowest BCUT2D eigenvalue weighted by Crippen LogP contribution is -1.91. The largest absolute Gasteiger partial charge is 0.197 e. The van der Waals surface area contributed by atoms with Crippen LogP contribution in [0.3, 0.4) is 0 Å². The topological polar surface area (TPSA) is 23.8 Å². The quantitative estimate of drug-likeness (QED) is 0.559. The fraction of sp³-hybridized carbons (Fsp3) is 0.833. The number of nitriles is 1. The maximum Gasteiger partial charge on any atom is 0.101 e. The SMILES string of the molecule is N#CC(Br)CCCCBr. The van der Waals surface area contributed by atoms with Crippen LogP contribution in [-0.2, 0) is 0 Å². The summed E-state index contributed by atoms with van der Waals surface area (Å²) in [5.74, 6) is 0. The lowest BCUT2D eigenvalue weighted by molar-refractivity contribution is 0.755. The van der Waals surface area contributed by atoms with E-state index in [0.29, 0.717) is 0 Å². The van der Waals surface area contributed by atoms with E-state index in [9.17, 15) is 0 Å². The number of alkyl halides is 2. The van der Waals surface area contributed by atoms with Crippen molar-refractivity contribution in [3.63, 3.8) is 0 Å². The summed E-state index contributed by atoms with van der Waals surface area (Å²) in [4.78, 5) is 0.0524. The first-order chi connectivity index (χ1) is 4.31. The van der Waals surface area contributed by atoms with Gasteiger partial charge in [-0.05, 0) is 12.8 Å². The summed E-state index contributed by atoms with van der Waals surface area (Å²) in [6.07, 6.45) is 3.24. The number of halogens is 2. The molecule has 0 spiro atoms. The monoisotopic (exact) mass is 253 g/mol. The fourth-order valence-electron chi connectivity index (χ4n) is 0.483. The molecule has 0 saturated carbocycles. The standard InChI is InChI=1S/C6H9Br2N/c7-4-2-1-3-6(8)5-9/h6H,1-4H2. The maximum atomic E-state index is 8.33. The molecule has 1 unspecified atom stereocenters. The minimum Gasteiger partial charge on any atom is -0.197 e. The zero-order valence-electron chi connectivity index (χ0n) is 5.11. The molecule has 0 aliphatic heterocycles. The van der Waals surface area contributed by atoms with Gasteiger partial charge in [-0.15, -0.1) is 0 Å². The molecule has 0 aliphatic rings. The summed E-state index contributed by atoms with van der Waals surface area (Å²) in [5, 5.41) is 9.37. The first-order valence-electron chi connectivity index (χ1n) is 2.91. The van der Waals surface area contributed by atoms with E-state index >= 15 is 0 Å². The maximum absolute atomic E-state index is 8.33. The van der Waals surface area contributed by atoms with Crippen molar-refractivity contribution in [2.24, 2.45) is 0 Å². The molecule has 0 amide bonds. The predicted molar refractivity (Wildman–Crippen MR) is 46.0 cm³/mol. The third kappa shape index (κ3) is 6.33. The van der Waals surface area contributed by atoms with Gasteiger partial charge < -0.3 is 0 Å². The molecule has 1 nitrogen and oxygen atoms in total. The van der Waals surface area contributed by atoms with E-state index in [-0.39, 0.29) is 4.83 Å². The normalized spacial score (nSPS) is 12.6. The van der Waals surface area contributed by atoms with Crippen LogP contribution in [0.1, 0.15) is 19.3 Å². The summed E-state index contributed by atoms with van der Waals surface area (Å²) < 4.78 is 0. The van der Waals surface area contributed by atoms with E-state index in [1.54, 1.807) is 0 Å². The molecule has 0 aromatic carbocycles. The molecule has 52 valence electrons. The van der Waals surface area contributed by atoms with Gasteiger partial charge in [0.05, 0.1) is 6.07 Å². The Morgan fingerprint density at radius 2 is 2.11 bits per heavy atom. The molecule has 0 N–H and O–H groups in total. The van der Waals surface area contributed by atoms with Gasteiger partial charge in [0, 0.05) is 5.33 Å². The Morgan fingerprint density at radius 3 is 2.56 bits per heavy atom. The van der Waals surface area contributed by atoms with Crippen molar-refractivity contribution >= 4 is 31.9 Å². The fourth-order valence-corrected chi connectivity index (χ4v) is 1.20. The third-order valence-electron chi connectivity index (χ3n) is 0.981. The highest BCUT2D eigenvalue weighted by atomic mass is 79.9. The Hall–Kier alpha value is 0.450. The smallest absolute Gasteiger partial charge is 0.101 e. The lowest BCUT2D eigenvalue weighted by atomic mass is 10.2. The molecule has 0 aromatic rings. The van der Waals surface area contributed by atoms with Crippen molar-refractivity contribution in [2.75, 3.05) is 5.33 Å². The van der Waals surface area contributed by atoms with Crippen molar-refractivity contribution < 1.29 is 0 Å². The molecular formula is C6H9Br2N. The van der Waals surface area contributed by atoms with Gasteiger partial charge in [-0.3, -0.25) is 0 Å². The second kappa shape index (κ2) is 6.57. The summed E-state index contributed by atoms with van der Waals surface area (Å²) in [5.41, 5.74) is 0. The second-order valence-electron chi connectivity index (χ2n) is 1.78. The predicted octanol–water partition coefficient (Wildman–Crippen LogP) is 2.84. The molecule has 0 heterocycles. The number of unbranched alkanes of at least 4 members (excludes halogenated alkanes) is 1. The Labute approximate surface area is 72.7 Å². The highest BCUT2D eigenvalue weighted by molar-refractivity contribution is 9.09. The molecule has 0 rings (SSSR count). The molecule has 0 radical (unpaired) electrons. The molecular weight excluding hydrogens is 246 g/mol. The number of hydrogen-bond donors (Lipinski definition) is 0. The Bertz CT molecular complexity index is 97.7. The molecule has 3 heteroatoms. The third-order valence-corrected chi connectivity index (χ3v) is 2.20. The number of rotatable bonds is 4. The molecule has 1 atom stereocenters. The van der Waals surface area contributed by atoms with E-state index in [1.807, 2.05) is 0 Å². The minimum absolute atomic E-state index is 0.0524. The lowest BCUT2D eigenvalue weighted by Gasteiger charge is -1.96. The van der Waals surface area contributed by atoms with Crippen LogP contribution in [0.15, 0.2) is 0 Å². The molecule has 0 bridgehead atoms. The molecule has 0 saturated heterocycles. The van der Waals surface area contributed by atoms with E-state index in [0.717, 1.165) is 24.6 Å². The molecule has 0 fully saturated rings. The average molecular weight is 255 g/mol. The average Bonchev–Trinajstić information content (AvgIpc) is 1.89. The van der Waals surface area contributed by atoms with Gasteiger partial charge in [-0.1, -0.05) is 38.3 Å². The summed E-state index contributed by atoms with van der Waals surface area (Å²) >= 11 is 6.55. The van der Waals surface area contributed by atoms with Gasteiger partial charge >= 0.3 is 0 Å². The van der Waals surface area contributed by atoms with Gasteiger partial charge in [0.2, 0.25) is 0 Å². The summed E-state index contributed by atoms with van der Waals surface area (Å²) in [6.45, 7) is 0. The van der Waals surface area contributed by atoms with Gasteiger partial charge in [-0.25, -0.2) is 0 Å². The van der Waals surface area contributed by atoms with Crippen LogP contribution in [0.4, 0.5) is 0 Å². The second-order valence-corrected chi connectivity index (χ2v) is 3.68. The van der Waals surface area contributed by atoms with E-state index in [4.69, 9.17) is 5.26 Å². The minimum atomic E-state index is 0.0524. The Morgan fingerprint density at radius 1 is 1.44 bits per heavy atom. The zero-order valence-corrected chi connectivity index (χ0v) is 8.28. The van der Waals surface area contributed by atoms with Crippen LogP contribution >= 0.6 is 31.9 Å². The molecule has 9 heavy (non-hydrogen) atoms. The van der Waals surface area contributed by atoms with E-state index in [2.05, 4.69) is 37.9 Å². The van der Waals surface area contributed by atoms with Gasteiger partial charge in [0.25, 0.3) is 0 Å². The van der Waals surface area contributed by atoms with E-state index in [1.165, 1.54) is 0 Å². The first-order valence-corrected chi connectivity index (χ1v) is 4.94. The van der Waals surface area contributed by atoms with Crippen molar-refractivity contribution in [1.82, 2.24) is 0 Å². The van der Waals surface area contributed by atoms with Crippen molar-refractivity contribution in [1.29, 1.82) is 5.26 Å². The van der Waals surface area contributed by atoms with Crippen LogP contribution in [0, 0.1) is 11.3 Å². The molecule has 0 aliphatic carbocycles. The van der Waals surface area contributed by atoms with Crippen molar-refractivity contribution in [3.05, 3.63) is 0 Å². The summed E-state index contributed by atoms with van der Waals surface area (Å²) in [6, 6.07) is 2.13. The van der Waals surface area contributed by atoms with Crippen LogP contribution in [0.25, 0.3) is 0 Å². The Balaban J connectivity index is 2.99. The van der Waals surface area contributed by atoms with Gasteiger partial charge in [0.1, 0.15) is 4.83 Å². The van der Waals surface area contributed by atoms with Gasteiger partial charge in [0.15, 0.2) is 0 Å². The van der Waals surface area contributed by atoms with Crippen LogP contribution in [0.5, 0.6) is 0 Å². The first kappa shape index (κ1) is 9.45. The molecule has 0 aromatic heterocycles. The van der Waals surface area contributed by atoms with Gasteiger partial charge in [-0.2, -0.15) is 5.26 Å². The van der Waals surface area contributed by atoms with E-state index < -0.39 is 0 Å². The van der Waals surface area contributed by atoms with Crippen molar-refractivity contribution in [3.8, 4) is 6.07 Å². The summed E-state index contributed by atoms with van der Waals surface area (Å²) in [7, 11) is 0. The highest BCUT2D eigenvalue weighted by Crippen LogP contribution is 2.08. The van der Waals surface area contributed by atoms with Crippen LogP contribution in [-0.4, -0.2) is 10.2 Å². The highest BCUT2D eigenvalue weighted by Gasteiger charge is 1.98. The van der Waals surface area contributed by atoms with Crippen LogP contribution in [0.2, 0.25) is 0 Å². The number of nitrogens with zero attached hydrogens (tertiary/aromatic N) is 1. The van der Waals surface area contributed by atoms with Crippen molar-refractivity contribution in [2.45, 2.75) is 24.1 Å². The number of hydrogen-bond acceptors (Lipinski definition) is 1. The van der Waals surface area contributed by atoms with Crippen LogP contribution < -0.4 is 0 Å².